The summed E-state index contributed by atoms with van der Waals surface area (Å²) >= 11 is 0. The zero-order chi connectivity index (χ0) is 13.5. The Hall–Kier alpha value is -0.790. The molecular formula is C16H28O2. The van der Waals surface area contributed by atoms with E-state index < -0.39 is 0 Å². The van der Waals surface area contributed by atoms with Crippen LogP contribution in [0.1, 0.15) is 65.7 Å². The molecule has 0 bridgehead atoms. The van der Waals surface area contributed by atoms with Crippen molar-refractivity contribution in [3.63, 3.8) is 0 Å². The van der Waals surface area contributed by atoms with E-state index in [2.05, 4.69) is 20.4 Å². The molecule has 0 spiro atoms. The van der Waals surface area contributed by atoms with Crippen LogP contribution in [0.4, 0.5) is 0 Å². The van der Waals surface area contributed by atoms with Gasteiger partial charge in [-0.1, -0.05) is 46.1 Å². The van der Waals surface area contributed by atoms with E-state index >= 15 is 0 Å². The number of rotatable bonds is 7. The Balaban J connectivity index is 2.38. The number of carbonyl (C=O) groups is 1. The normalized spacial score (nSPS) is 18.0. The molecule has 18 heavy (non-hydrogen) atoms. The Kier molecular flexibility index (Phi) is 6.45. The lowest BCUT2D eigenvalue weighted by Crippen LogP contribution is -2.21. The summed E-state index contributed by atoms with van der Waals surface area (Å²) in [5.41, 5.74) is 0.504. The summed E-state index contributed by atoms with van der Waals surface area (Å²) in [6, 6.07) is 0. The highest BCUT2D eigenvalue weighted by molar-refractivity contribution is 5.87. The van der Waals surface area contributed by atoms with Crippen molar-refractivity contribution in [2.24, 2.45) is 11.8 Å². The fourth-order valence-electron chi connectivity index (χ4n) is 2.72. The highest BCUT2D eigenvalue weighted by Gasteiger charge is 2.20. The Bertz CT molecular complexity index is 275. The van der Waals surface area contributed by atoms with E-state index in [9.17, 15) is 4.79 Å². The molecule has 0 amide bonds. The zero-order valence-corrected chi connectivity index (χ0v) is 12.2. The van der Waals surface area contributed by atoms with Crippen molar-refractivity contribution < 1.29 is 9.53 Å². The van der Waals surface area contributed by atoms with E-state index in [0.29, 0.717) is 11.5 Å². The molecule has 0 heterocycles. The van der Waals surface area contributed by atoms with Gasteiger partial charge in [0.1, 0.15) is 6.10 Å². The van der Waals surface area contributed by atoms with Gasteiger partial charge in [0.15, 0.2) is 0 Å². The Morgan fingerprint density at radius 2 is 1.94 bits per heavy atom. The van der Waals surface area contributed by atoms with Gasteiger partial charge in [-0.05, 0) is 38.0 Å². The van der Waals surface area contributed by atoms with Crippen LogP contribution in [0, 0.1) is 11.8 Å². The molecule has 0 aromatic rings. The SMILES string of the molecule is C=C(C)C(=O)OC(CCC1CCCC1)CC(C)C. The van der Waals surface area contributed by atoms with Gasteiger partial charge in [0, 0.05) is 5.57 Å². The summed E-state index contributed by atoms with van der Waals surface area (Å²) in [4.78, 5) is 11.6. The van der Waals surface area contributed by atoms with Crippen LogP contribution in [0.2, 0.25) is 0 Å². The van der Waals surface area contributed by atoms with E-state index in [-0.39, 0.29) is 12.1 Å². The maximum Gasteiger partial charge on any atom is 0.333 e. The molecule has 2 heteroatoms. The monoisotopic (exact) mass is 252 g/mol. The smallest absolute Gasteiger partial charge is 0.333 e. The quantitative estimate of drug-likeness (QED) is 0.493. The summed E-state index contributed by atoms with van der Waals surface area (Å²) in [5.74, 6) is 1.20. The van der Waals surface area contributed by atoms with Gasteiger partial charge in [0.25, 0.3) is 0 Å². The molecule has 0 N–H and O–H groups in total. The highest BCUT2D eigenvalue weighted by Crippen LogP contribution is 2.30. The number of carbonyl (C=O) groups excluding carboxylic acids is 1. The van der Waals surface area contributed by atoms with Crippen molar-refractivity contribution in [2.45, 2.75) is 71.8 Å². The van der Waals surface area contributed by atoms with Crippen molar-refractivity contribution >= 4 is 5.97 Å². The molecule has 0 radical (unpaired) electrons. The van der Waals surface area contributed by atoms with Crippen LogP contribution in [0.3, 0.4) is 0 Å². The van der Waals surface area contributed by atoms with Crippen molar-refractivity contribution in [3.05, 3.63) is 12.2 Å². The predicted octanol–water partition coefficient (Wildman–Crippen LogP) is 4.49. The molecule has 1 rings (SSSR count). The third-order valence-corrected chi connectivity index (χ3v) is 3.73. The molecule has 1 unspecified atom stereocenters. The summed E-state index contributed by atoms with van der Waals surface area (Å²) < 4.78 is 5.54. The number of hydrogen-bond acceptors (Lipinski definition) is 2. The average Bonchev–Trinajstić information content (AvgIpc) is 2.77. The van der Waals surface area contributed by atoms with Gasteiger partial charge in [-0.2, -0.15) is 0 Å². The molecule has 0 aliphatic heterocycles. The Morgan fingerprint density at radius 1 is 1.33 bits per heavy atom. The van der Waals surface area contributed by atoms with Crippen molar-refractivity contribution in [3.8, 4) is 0 Å². The van der Waals surface area contributed by atoms with Gasteiger partial charge >= 0.3 is 5.97 Å². The molecule has 1 aliphatic carbocycles. The number of ether oxygens (including phenoxy) is 1. The van der Waals surface area contributed by atoms with Crippen LogP contribution >= 0.6 is 0 Å². The molecule has 1 saturated carbocycles. The summed E-state index contributed by atoms with van der Waals surface area (Å²) in [6.07, 6.45) is 8.76. The van der Waals surface area contributed by atoms with E-state index in [0.717, 1.165) is 18.8 Å². The Morgan fingerprint density at radius 3 is 2.44 bits per heavy atom. The minimum Gasteiger partial charge on any atom is -0.459 e. The topological polar surface area (TPSA) is 26.3 Å². The van der Waals surface area contributed by atoms with Crippen LogP contribution in [0.15, 0.2) is 12.2 Å². The molecular weight excluding hydrogens is 224 g/mol. The molecule has 1 aliphatic rings. The molecule has 104 valence electrons. The highest BCUT2D eigenvalue weighted by atomic mass is 16.5. The third kappa shape index (κ3) is 5.70. The van der Waals surface area contributed by atoms with Gasteiger partial charge in [-0.15, -0.1) is 0 Å². The number of hydrogen-bond donors (Lipinski definition) is 0. The fraction of sp³-hybridized carbons (Fsp3) is 0.812. The molecule has 2 nitrogen and oxygen atoms in total. The predicted molar refractivity (Wildman–Crippen MR) is 75.3 cm³/mol. The average molecular weight is 252 g/mol. The van der Waals surface area contributed by atoms with Gasteiger partial charge in [0.05, 0.1) is 0 Å². The second kappa shape index (κ2) is 7.60. The minimum atomic E-state index is -0.230. The lowest BCUT2D eigenvalue weighted by molar-refractivity contribution is -0.145. The second-order valence-electron chi connectivity index (χ2n) is 6.17. The van der Waals surface area contributed by atoms with E-state index in [1.165, 1.54) is 32.1 Å². The van der Waals surface area contributed by atoms with Gasteiger partial charge in [-0.25, -0.2) is 4.79 Å². The van der Waals surface area contributed by atoms with Crippen LogP contribution < -0.4 is 0 Å². The number of esters is 1. The molecule has 0 aromatic carbocycles. The van der Waals surface area contributed by atoms with Gasteiger partial charge in [0.2, 0.25) is 0 Å². The van der Waals surface area contributed by atoms with Gasteiger partial charge < -0.3 is 4.74 Å². The third-order valence-electron chi connectivity index (χ3n) is 3.73. The molecule has 1 fully saturated rings. The molecule has 0 aromatic heterocycles. The van der Waals surface area contributed by atoms with Crippen LogP contribution in [-0.2, 0) is 9.53 Å². The standard InChI is InChI=1S/C16H28O2/c1-12(2)11-15(18-16(17)13(3)4)10-9-14-7-5-6-8-14/h12,14-15H,3,5-11H2,1-2,4H3. The largest absolute Gasteiger partial charge is 0.459 e. The van der Waals surface area contributed by atoms with E-state index in [1.807, 2.05) is 0 Å². The van der Waals surface area contributed by atoms with Crippen molar-refractivity contribution in [1.29, 1.82) is 0 Å². The van der Waals surface area contributed by atoms with Crippen molar-refractivity contribution in [2.75, 3.05) is 0 Å². The van der Waals surface area contributed by atoms with E-state index in [1.54, 1.807) is 6.92 Å². The summed E-state index contributed by atoms with van der Waals surface area (Å²) in [6.45, 7) is 9.72. The van der Waals surface area contributed by atoms with Gasteiger partial charge in [-0.3, -0.25) is 0 Å². The second-order valence-corrected chi connectivity index (χ2v) is 6.17. The first-order chi connectivity index (χ1) is 8.49. The zero-order valence-electron chi connectivity index (χ0n) is 12.2. The molecule has 0 saturated heterocycles. The Labute approximate surface area is 112 Å². The first-order valence-corrected chi connectivity index (χ1v) is 7.35. The lowest BCUT2D eigenvalue weighted by atomic mass is 9.95. The van der Waals surface area contributed by atoms with Crippen LogP contribution in [0.5, 0.6) is 0 Å². The van der Waals surface area contributed by atoms with Crippen LogP contribution in [0.25, 0.3) is 0 Å². The molecule has 1 atom stereocenters. The lowest BCUT2D eigenvalue weighted by Gasteiger charge is -2.21. The van der Waals surface area contributed by atoms with Crippen molar-refractivity contribution in [1.82, 2.24) is 0 Å². The first-order valence-electron chi connectivity index (χ1n) is 7.35. The summed E-state index contributed by atoms with van der Waals surface area (Å²) in [5, 5.41) is 0. The maximum absolute atomic E-state index is 11.6. The minimum absolute atomic E-state index is 0.0785. The summed E-state index contributed by atoms with van der Waals surface area (Å²) in [7, 11) is 0. The maximum atomic E-state index is 11.6. The fourth-order valence-corrected chi connectivity index (χ4v) is 2.72. The van der Waals surface area contributed by atoms with Crippen LogP contribution in [-0.4, -0.2) is 12.1 Å². The van der Waals surface area contributed by atoms with E-state index in [4.69, 9.17) is 4.74 Å². The first kappa shape index (κ1) is 15.3.